The number of nitrogens with one attached hydrogen (secondary N) is 1. The van der Waals surface area contributed by atoms with E-state index in [0.29, 0.717) is 23.7 Å². The number of tetrazole rings is 1. The maximum atomic E-state index is 11.8. The van der Waals surface area contributed by atoms with Crippen LogP contribution in [-0.2, 0) is 13.2 Å². The van der Waals surface area contributed by atoms with Crippen molar-refractivity contribution >= 4 is 5.91 Å². The molecule has 1 aromatic heterocycles. The topological polar surface area (TPSA) is 102 Å². The van der Waals surface area contributed by atoms with Gasteiger partial charge in [-0.1, -0.05) is 0 Å². The van der Waals surface area contributed by atoms with Crippen molar-refractivity contribution in [2.45, 2.75) is 33.1 Å². The molecule has 1 unspecified atom stereocenters. The first-order valence-electron chi connectivity index (χ1n) is 7.04. The van der Waals surface area contributed by atoms with E-state index in [2.05, 4.69) is 20.8 Å². The van der Waals surface area contributed by atoms with E-state index in [9.17, 15) is 4.79 Å². The quantitative estimate of drug-likeness (QED) is 0.767. The molecule has 0 saturated heterocycles. The number of ether oxygens (including phenoxy) is 1. The van der Waals surface area contributed by atoms with E-state index in [1.165, 1.54) is 0 Å². The molecule has 0 radical (unpaired) electrons. The molecule has 1 atom stereocenters. The highest BCUT2D eigenvalue weighted by molar-refractivity contribution is 5.94. The van der Waals surface area contributed by atoms with Gasteiger partial charge in [0.2, 0.25) is 0 Å². The number of benzene rings is 1. The van der Waals surface area contributed by atoms with Crippen LogP contribution in [-0.4, -0.2) is 43.9 Å². The Balaban J connectivity index is 1.90. The number of aromatic nitrogens is 4. The van der Waals surface area contributed by atoms with Crippen molar-refractivity contribution in [2.75, 3.05) is 6.54 Å². The van der Waals surface area contributed by atoms with E-state index in [1.54, 1.807) is 35.9 Å². The van der Waals surface area contributed by atoms with Crippen molar-refractivity contribution in [1.82, 2.24) is 25.5 Å². The van der Waals surface area contributed by atoms with Gasteiger partial charge < -0.3 is 15.2 Å². The normalized spacial score (nSPS) is 12.0. The van der Waals surface area contributed by atoms with Gasteiger partial charge in [-0.2, -0.15) is 0 Å². The van der Waals surface area contributed by atoms with Crippen LogP contribution in [0.25, 0.3) is 0 Å². The highest BCUT2D eigenvalue weighted by atomic mass is 16.5. The summed E-state index contributed by atoms with van der Waals surface area (Å²) in [5.74, 6) is 1.03. The molecule has 2 N–H and O–H groups in total. The van der Waals surface area contributed by atoms with E-state index >= 15 is 0 Å². The second-order valence-electron chi connectivity index (χ2n) is 4.78. The third-order valence-corrected chi connectivity index (χ3v) is 2.95. The van der Waals surface area contributed by atoms with Gasteiger partial charge in [-0.25, -0.2) is 4.68 Å². The number of aryl methyl sites for hydroxylation is 1. The Bertz CT molecular complexity index is 609. The Morgan fingerprint density at radius 3 is 2.77 bits per heavy atom. The number of hydrogen-bond donors (Lipinski definition) is 2. The van der Waals surface area contributed by atoms with Gasteiger partial charge in [0.1, 0.15) is 12.4 Å². The van der Waals surface area contributed by atoms with Crippen LogP contribution in [0, 0.1) is 0 Å². The number of aliphatic hydroxyl groups excluding tert-OH is 1. The summed E-state index contributed by atoms with van der Waals surface area (Å²) in [6.45, 7) is 4.71. The van der Waals surface area contributed by atoms with Gasteiger partial charge in [0.25, 0.3) is 5.91 Å². The largest absolute Gasteiger partial charge is 0.486 e. The van der Waals surface area contributed by atoms with E-state index in [0.717, 1.165) is 0 Å². The standard InChI is InChI=1S/C14H19N5O3/c1-3-19-13(16-17-18-19)9-22-12-6-4-11(5-7-12)14(21)15-8-10(2)20/h4-7,10,20H,3,8-9H2,1-2H3,(H,15,21). The van der Waals surface area contributed by atoms with Crippen molar-refractivity contribution in [3.63, 3.8) is 0 Å². The summed E-state index contributed by atoms with van der Waals surface area (Å²) >= 11 is 0. The number of carbonyl (C=O) groups excluding carboxylic acids is 1. The molecule has 2 aromatic rings. The molecular weight excluding hydrogens is 286 g/mol. The highest BCUT2D eigenvalue weighted by Gasteiger charge is 2.08. The van der Waals surface area contributed by atoms with Crippen molar-refractivity contribution in [2.24, 2.45) is 0 Å². The predicted octanol–water partition coefficient (Wildman–Crippen LogP) is 0.383. The van der Waals surface area contributed by atoms with E-state index in [1.807, 2.05) is 6.92 Å². The monoisotopic (exact) mass is 305 g/mol. The molecule has 1 heterocycles. The molecule has 0 saturated carbocycles. The van der Waals surface area contributed by atoms with Gasteiger partial charge in [0, 0.05) is 18.7 Å². The smallest absolute Gasteiger partial charge is 0.251 e. The lowest BCUT2D eigenvalue weighted by Crippen LogP contribution is -2.30. The summed E-state index contributed by atoms with van der Waals surface area (Å²) in [5.41, 5.74) is 0.506. The summed E-state index contributed by atoms with van der Waals surface area (Å²) in [4.78, 5) is 11.8. The maximum absolute atomic E-state index is 11.8. The fourth-order valence-electron chi connectivity index (χ4n) is 1.77. The molecule has 8 heteroatoms. The Kier molecular flexibility index (Phi) is 5.42. The fourth-order valence-corrected chi connectivity index (χ4v) is 1.77. The molecule has 118 valence electrons. The Morgan fingerprint density at radius 2 is 2.14 bits per heavy atom. The lowest BCUT2D eigenvalue weighted by Gasteiger charge is -2.08. The van der Waals surface area contributed by atoms with E-state index in [-0.39, 0.29) is 19.1 Å². The van der Waals surface area contributed by atoms with Crippen LogP contribution in [0.15, 0.2) is 24.3 Å². The summed E-state index contributed by atoms with van der Waals surface area (Å²) < 4.78 is 7.24. The molecule has 2 rings (SSSR count). The molecule has 8 nitrogen and oxygen atoms in total. The average molecular weight is 305 g/mol. The summed E-state index contributed by atoms with van der Waals surface area (Å²) in [5, 5.41) is 23.1. The second kappa shape index (κ2) is 7.51. The minimum Gasteiger partial charge on any atom is -0.486 e. The third kappa shape index (κ3) is 4.26. The fraction of sp³-hybridized carbons (Fsp3) is 0.429. The zero-order valence-corrected chi connectivity index (χ0v) is 12.6. The molecule has 0 bridgehead atoms. The van der Waals surface area contributed by atoms with Crippen molar-refractivity contribution < 1.29 is 14.6 Å². The van der Waals surface area contributed by atoms with Crippen LogP contribution in [0.3, 0.4) is 0 Å². The molecule has 0 aliphatic heterocycles. The predicted molar refractivity (Wildman–Crippen MR) is 78.3 cm³/mol. The average Bonchev–Trinajstić information content (AvgIpc) is 2.98. The van der Waals surface area contributed by atoms with Crippen LogP contribution < -0.4 is 10.1 Å². The van der Waals surface area contributed by atoms with Crippen molar-refractivity contribution in [1.29, 1.82) is 0 Å². The van der Waals surface area contributed by atoms with Gasteiger partial charge in [0.15, 0.2) is 5.82 Å². The van der Waals surface area contributed by atoms with E-state index < -0.39 is 6.10 Å². The number of carbonyl (C=O) groups is 1. The van der Waals surface area contributed by atoms with Gasteiger partial charge in [-0.15, -0.1) is 5.10 Å². The Labute approximate surface area is 128 Å². The number of hydrogen-bond acceptors (Lipinski definition) is 6. The van der Waals surface area contributed by atoms with E-state index in [4.69, 9.17) is 9.84 Å². The lowest BCUT2D eigenvalue weighted by atomic mass is 10.2. The van der Waals surface area contributed by atoms with Gasteiger partial charge in [-0.05, 0) is 48.5 Å². The zero-order chi connectivity index (χ0) is 15.9. The van der Waals surface area contributed by atoms with Gasteiger partial charge >= 0.3 is 0 Å². The summed E-state index contributed by atoms with van der Waals surface area (Å²) in [7, 11) is 0. The van der Waals surface area contributed by atoms with Crippen LogP contribution in [0.4, 0.5) is 0 Å². The molecule has 1 aromatic carbocycles. The lowest BCUT2D eigenvalue weighted by molar-refractivity contribution is 0.0924. The molecule has 0 aliphatic rings. The zero-order valence-electron chi connectivity index (χ0n) is 12.6. The van der Waals surface area contributed by atoms with Crippen LogP contribution in [0.1, 0.15) is 30.0 Å². The molecule has 0 fully saturated rings. The number of nitrogens with zero attached hydrogens (tertiary/aromatic N) is 4. The summed E-state index contributed by atoms with van der Waals surface area (Å²) in [6.07, 6.45) is -0.573. The molecule has 22 heavy (non-hydrogen) atoms. The Morgan fingerprint density at radius 1 is 1.41 bits per heavy atom. The first-order valence-corrected chi connectivity index (χ1v) is 7.04. The van der Waals surface area contributed by atoms with Gasteiger partial charge in [0.05, 0.1) is 6.10 Å². The molecule has 1 amide bonds. The maximum Gasteiger partial charge on any atom is 0.251 e. The van der Waals surface area contributed by atoms with Crippen molar-refractivity contribution in [3.8, 4) is 5.75 Å². The third-order valence-electron chi connectivity index (χ3n) is 2.95. The van der Waals surface area contributed by atoms with Crippen molar-refractivity contribution in [3.05, 3.63) is 35.7 Å². The minimum atomic E-state index is -0.573. The van der Waals surface area contributed by atoms with Gasteiger partial charge in [-0.3, -0.25) is 4.79 Å². The van der Waals surface area contributed by atoms with Crippen LogP contribution in [0.5, 0.6) is 5.75 Å². The Hall–Kier alpha value is -2.48. The SMILES string of the molecule is CCn1nnnc1COc1ccc(C(=O)NCC(C)O)cc1. The molecular formula is C14H19N5O3. The number of amides is 1. The number of rotatable bonds is 7. The second-order valence-corrected chi connectivity index (χ2v) is 4.78. The molecule has 0 spiro atoms. The first kappa shape index (κ1) is 15.9. The minimum absolute atomic E-state index is 0.219. The first-order chi connectivity index (χ1) is 10.6. The summed E-state index contributed by atoms with van der Waals surface area (Å²) in [6, 6.07) is 6.74. The van der Waals surface area contributed by atoms with Crippen LogP contribution >= 0.6 is 0 Å². The highest BCUT2D eigenvalue weighted by Crippen LogP contribution is 2.13. The van der Waals surface area contributed by atoms with Crippen LogP contribution in [0.2, 0.25) is 0 Å². The molecule has 0 aliphatic carbocycles. The number of aliphatic hydroxyl groups is 1.